The Hall–Kier alpha value is -2.88. The SMILES string of the molecule is Cc1ccc(-n2c(Br)nnc2SCC(=O)Nc2ccc(C(=O)O)cc2Cl)c2ccccc12. The van der Waals surface area contributed by atoms with Crippen LogP contribution in [0.2, 0.25) is 5.02 Å². The van der Waals surface area contributed by atoms with Gasteiger partial charge in [0.1, 0.15) is 0 Å². The fraction of sp³-hybridized carbons (Fsp3) is 0.0909. The predicted molar refractivity (Wildman–Crippen MR) is 129 cm³/mol. The van der Waals surface area contributed by atoms with Crippen LogP contribution in [0.15, 0.2) is 64.5 Å². The van der Waals surface area contributed by atoms with Crippen LogP contribution in [0.25, 0.3) is 16.5 Å². The molecule has 0 saturated carbocycles. The first-order valence-corrected chi connectivity index (χ1v) is 11.6. The molecule has 1 amide bonds. The Morgan fingerprint density at radius 1 is 1.12 bits per heavy atom. The quantitative estimate of drug-likeness (QED) is 0.316. The van der Waals surface area contributed by atoms with Gasteiger partial charge >= 0.3 is 5.97 Å². The summed E-state index contributed by atoms with van der Waals surface area (Å²) in [5.74, 6) is -1.33. The van der Waals surface area contributed by atoms with E-state index < -0.39 is 5.97 Å². The zero-order valence-corrected chi connectivity index (χ0v) is 19.8. The molecule has 2 N–H and O–H groups in total. The molecule has 3 aromatic carbocycles. The van der Waals surface area contributed by atoms with Crippen molar-refractivity contribution in [3.63, 3.8) is 0 Å². The number of thioether (sulfide) groups is 1. The van der Waals surface area contributed by atoms with E-state index >= 15 is 0 Å². The molecular weight excluding hydrogens is 516 g/mol. The minimum absolute atomic E-state index is 0.0469. The minimum atomic E-state index is -1.09. The summed E-state index contributed by atoms with van der Waals surface area (Å²) in [4.78, 5) is 23.5. The normalized spacial score (nSPS) is 11.0. The predicted octanol–water partition coefficient (Wildman–Crippen LogP) is 5.57. The van der Waals surface area contributed by atoms with Crippen molar-refractivity contribution < 1.29 is 14.7 Å². The van der Waals surface area contributed by atoms with E-state index in [1.807, 2.05) is 34.9 Å². The Labute approximate surface area is 200 Å². The highest BCUT2D eigenvalue weighted by molar-refractivity contribution is 9.10. The van der Waals surface area contributed by atoms with Crippen molar-refractivity contribution >= 4 is 67.6 Å². The highest BCUT2D eigenvalue weighted by Gasteiger charge is 2.17. The van der Waals surface area contributed by atoms with Crippen LogP contribution in [-0.2, 0) is 4.79 Å². The Morgan fingerprint density at radius 2 is 1.88 bits per heavy atom. The largest absolute Gasteiger partial charge is 0.478 e. The Bertz CT molecular complexity index is 1360. The molecule has 10 heteroatoms. The number of anilines is 1. The van der Waals surface area contributed by atoms with Gasteiger partial charge in [-0.3, -0.25) is 9.36 Å². The Morgan fingerprint density at radius 3 is 2.59 bits per heavy atom. The van der Waals surface area contributed by atoms with Crippen molar-refractivity contribution in [3.8, 4) is 5.69 Å². The van der Waals surface area contributed by atoms with Crippen molar-refractivity contribution in [2.24, 2.45) is 0 Å². The molecule has 0 saturated heterocycles. The second kappa shape index (κ2) is 9.32. The van der Waals surface area contributed by atoms with Crippen molar-refractivity contribution in [3.05, 3.63) is 75.5 Å². The summed E-state index contributed by atoms with van der Waals surface area (Å²) in [6.45, 7) is 2.06. The van der Waals surface area contributed by atoms with E-state index in [1.54, 1.807) is 0 Å². The molecule has 1 aromatic heterocycles. The molecule has 4 rings (SSSR count). The number of nitrogens with zero attached hydrogens (tertiary/aromatic N) is 3. The number of rotatable bonds is 6. The van der Waals surface area contributed by atoms with Crippen LogP contribution in [-0.4, -0.2) is 37.5 Å². The molecule has 32 heavy (non-hydrogen) atoms. The van der Waals surface area contributed by atoms with Gasteiger partial charge in [-0.15, -0.1) is 10.2 Å². The van der Waals surface area contributed by atoms with Crippen molar-refractivity contribution in [1.82, 2.24) is 14.8 Å². The Kier molecular flexibility index (Phi) is 6.50. The molecule has 7 nitrogen and oxygen atoms in total. The van der Waals surface area contributed by atoms with Crippen LogP contribution in [0.3, 0.4) is 0 Å². The fourth-order valence-electron chi connectivity index (χ4n) is 3.24. The van der Waals surface area contributed by atoms with E-state index in [1.165, 1.54) is 30.0 Å². The first-order valence-electron chi connectivity index (χ1n) is 9.40. The maximum absolute atomic E-state index is 12.5. The molecule has 0 fully saturated rings. The van der Waals surface area contributed by atoms with Crippen LogP contribution in [0.5, 0.6) is 0 Å². The average molecular weight is 532 g/mol. The molecule has 4 aromatic rings. The summed E-state index contributed by atoms with van der Waals surface area (Å²) >= 11 is 10.8. The van der Waals surface area contributed by atoms with Gasteiger partial charge in [0.15, 0.2) is 5.16 Å². The number of aromatic carboxylic acids is 1. The monoisotopic (exact) mass is 530 g/mol. The molecule has 0 atom stereocenters. The Balaban J connectivity index is 1.55. The van der Waals surface area contributed by atoms with Crippen LogP contribution in [0, 0.1) is 6.92 Å². The zero-order valence-electron chi connectivity index (χ0n) is 16.7. The van der Waals surface area contributed by atoms with Crippen LogP contribution in [0.4, 0.5) is 5.69 Å². The highest BCUT2D eigenvalue weighted by atomic mass is 79.9. The second-order valence-electron chi connectivity index (χ2n) is 6.87. The van der Waals surface area contributed by atoms with Gasteiger partial charge in [-0.2, -0.15) is 0 Å². The summed E-state index contributed by atoms with van der Waals surface area (Å²) in [7, 11) is 0. The number of amides is 1. The first-order chi connectivity index (χ1) is 15.3. The highest BCUT2D eigenvalue weighted by Crippen LogP contribution is 2.31. The van der Waals surface area contributed by atoms with Gasteiger partial charge in [-0.25, -0.2) is 4.79 Å². The molecular formula is C22H16BrClN4O3S. The van der Waals surface area contributed by atoms with E-state index in [0.717, 1.165) is 22.0 Å². The summed E-state index contributed by atoms with van der Waals surface area (Å²) in [6.07, 6.45) is 0. The standard InChI is InChI=1S/C22H16BrClN4O3S/c1-12-6-9-18(15-5-3-2-4-14(12)15)28-21(23)26-27-22(28)32-11-19(29)25-17-8-7-13(20(30)31)10-16(17)24/h2-10H,11H2,1H3,(H,25,29)(H,30,31). The molecule has 0 bridgehead atoms. The lowest BCUT2D eigenvalue weighted by Gasteiger charge is -2.13. The molecule has 0 spiro atoms. The number of nitrogens with one attached hydrogen (secondary N) is 1. The lowest BCUT2D eigenvalue weighted by molar-refractivity contribution is -0.113. The van der Waals surface area contributed by atoms with Crippen LogP contribution in [0.1, 0.15) is 15.9 Å². The van der Waals surface area contributed by atoms with Crippen molar-refractivity contribution in [1.29, 1.82) is 0 Å². The number of carbonyl (C=O) groups is 2. The maximum Gasteiger partial charge on any atom is 0.335 e. The number of aromatic nitrogens is 3. The van der Waals surface area contributed by atoms with E-state index in [4.69, 9.17) is 16.7 Å². The smallest absolute Gasteiger partial charge is 0.335 e. The first kappa shape index (κ1) is 22.3. The minimum Gasteiger partial charge on any atom is -0.478 e. The third-order valence-corrected chi connectivity index (χ3v) is 6.53. The number of carbonyl (C=O) groups excluding carboxylic acids is 1. The van der Waals surface area contributed by atoms with Gasteiger partial charge in [0, 0.05) is 5.39 Å². The lowest BCUT2D eigenvalue weighted by atomic mass is 10.0. The van der Waals surface area contributed by atoms with Gasteiger partial charge in [-0.05, 0) is 58.1 Å². The van der Waals surface area contributed by atoms with Gasteiger partial charge in [-0.1, -0.05) is 53.7 Å². The van der Waals surface area contributed by atoms with E-state index in [0.29, 0.717) is 15.6 Å². The van der Waals surface area contributed by atoms with Gasteiger partial charge in [0.2, 0.25) is 10.6 Å². The molecule has 0 radical (unpaired) electrons. The number of hydrogen-bond acceptors (Lipinski definition) is 5. The number of halogens is 2. The van der Waals surface area contributed by atoms with Crippen molar-refractivity contribution in [2.45, 2.75) is 12.1 Å². The van der Waals surface area contributed by atoms with E-state index in [-0.39, 0.29) is 22.2 Å². The number of fused-ring (bicyclic) bond motifs is 1. The van der Waals surface area contributed by atoms with E-state index in [9.17, 15) is 9.59 Å². The zero-order chi connectivity index (χ0) is 22.8. The maximum atomic E-state index is 12.5. The summed E-state index contributed by atoms with van der Waals surface area (Å²) in [5, 5.41) is 22.9. The van der Waals surface area contributed by atoms with Crippen LogP contribution >= 0.6 is 39.3 Å². The second-order valence-corrected chi connectivity index (χ2v) is 8.93. The molecule has 0 unspecified atom stereocenters. The molecule has 0 aliphatic carbocycles. The summed E-state index contributed by atoms with van der Waals surface area (Å²) in [6, 6.07) is 16.2. The molecule has 162 valence electrons. The third kappa shape index (κ3) is 4.50. The van der Waals surface area contributed by atoms with Gasteiger partial charge in [0.25, 0.3) is 0 Å². The van der Waals surface area contributed by atoms with E-state index in [2.05, 4.69) is 44.4 Å². The third-order valence-electron chi connectivity index (χ3n) is 4.78. The van der Waals surface area contributed by atoms with Crippen molar-refractivity contribution in [2.75, 3.05) is 11.1 Å². The summed E-state index contributed by atoms with van der Waals surface area (Å²) in [5.41, 5.74) is 2.45. The average Bonchev–Trinajstić information content (AvgIpc) is 3.14. The molecule has 0 aliphatic rings. The lowest BCUT2D eigenvalue weighted by Crippen LogP contribution is -2.15. The number of carboxylic acids is 1. The van der Waals surface area contributed by atoms with Gasteiger partial charge < -0.3 is 10.4 Å². The number of benzene rings is 3. The van der Waals surface area contributed by atoms with Gasteiger partial charge in [0.05, 0.1) is 27.7 Å². The summed E-state index contributed by atoms with van der Waals surface area (Å²) < 4.78 is 2.38. The molecule has 1 heterocycles. The number of carboxylic acid groups (broad SMARTS) is 1. The fourth-order valence-corrected chi connectivity index (χ4v) is 4.77. The molecule has 0 aliphatic heterocycles. The topological polar surface area (TPSA) is 97.1 Å². The number of hydrogen-bond donors (Lipinski definition) is 2. The number of aryl methyl sites for hydroxylation is 1. The van der Waals surface area contributed by atoms with Crippen LogP contribution < -0.4 is 5.32 Å².